The van der Waals surface area contributed by atoms with Crippen LogP contribution in [0.2, 0.25) is 0 Å². The van der Waals surface area contributed by atoms with Gasteiger partial charge in [0.05, 0.1) is 0 Å². The molecule has 1 rings (SSSR count). The first kappa shape index (κ1) is 9.09. The number of nitrogens with zero attached hydrogens (tertiary/aromatic N) is 2. The molecule has 0 spiro atoms. The fraction of sp³-hybridized carbons (Fsp3) is 0.857. The minimum absolute atomic E-state index is 0.190. The van der Waals surface area contributed by atoms with Crippen molar-refractivity contribution in [3.63, 3.8) is 0 Å². The van der Waals surface area contributed by atoms with Gasteiger partial charge in [-0.25, -0.2) is 4.79 Å². The summed E-state index contributed by atoms with van der Waals surface area (Å²) in [5, 5.41) is 0. The van der Waals surface area contributed by atoms with Gasteiger partial charge >= 0.3 is 6.03 Å². The van der Waals surface area contributed by atoms with E-state index >= 15 is 0 Å². The second-order valence-electron chi connectivity index (χ2n) is 2.73. The van der Waals surface area contributed by atoms with E-state index in [1.54, 1.807) is 4.90 Å². The highest BCUT2D eigenvalue weighted by Gasteiger charge is 2.23. The number of amides is 2. The van der Waals surface area contributed by atoms with Crippen LogP contribution in [0.4, 0.5) is 4.79 Å². The van der Waals surface area contributed by atoms with Crippen LogP contribution in [0.3, 0.4) is 0 Å². The molecule has 0 aromatic heterocycles. The van der Waals surface area contributed by atoms with Crippen molar-refractivity contribution >= 4 is 28.6 Å². The molecule has 0 aromatic rings. The zero-order chi connectivity index (χ0) is 8.27. The highest BCUT2D eigenvalue weighted by Crippen LogP contribution is 2.06. The second kappa shape index (κ2) is 4.13. The van der Waals surface area contributed by atoms with Crippen molar-refractivity contribution in [1.29, 1.82) is 0 Å². The van der Waals surface area contributed by atoms with Crippen LogP contribution in [-0.2, 0) is 0 Å². The maximum absolute atomic E-state index is 11.3. The SMILES string of the molecule is CN1CCN(CCCI)C1=O. The van der Waals surface area contributed by atoms with Gasteiger partial charge in [-0.1, -0.05) is 22.6 Å². The molecule has 1 saturated heterocycles. The third-order valence-corrected chi connectivity index (χ3v) is 2.63. The first-order valence-corrected chi connectivity index (χ1v) is 5.34. The van der Waals surface area contributed by atoms with Crippen molar-refractivity contribution < 1.29 is 4.79 Å². The van der Waals surface area contributed by atoms with Crippen LogP contribution in [0.1, 0.15) is 6.42 Å². The summed E-state index contributed by atoms with van der Waals surface area (Å²) in [7, 11) is 1.85. The van der Waals surface area contributed by atoms with Crippen molar-refractivity contribution in [3.8, 4) is 0 Å². The number of hydrogen-bond donors (Lipinski definition) is 0. The molecule has 0 atom stereocenters. The Bertz CT molecular complexity index is 151. The molecular weight excluding hydrogens is 255 g/mol. The number of halogens is 1. The van der Waals surface area contributed by atoms with Gasteiger partial charge in [0, 0.05) is 31.1 Å². The predicted octanol–water partition coefficient (Wildman–Crippen LogP) is 1.18. The van der Waals surface area contributed by atoms with E-state index in [4.69, 9.17) is 0 Å². The first-order chi connectivity index (χ1) is 5.25. The first-order valence-electron chi connectivity index (χ1n) is 3.81. The number of hydrogen-bond acceptors (Lipinski definition) is 1. The van der Waals surface area contributed by atoms with Crippen molar-refractivity contribution in [2.75, 3.05) is 31.1 Å². The fourth-order valence-corrected chi connectivity index (χ4v) is 1.50. The van der Waals surface area contributed by atoms with Gasteiger partial charge in [0.25, 0.3) is 0 Å². The van der Waals surface area contributed by atoms with E-state index in [9.17, 15) is 4.79 Å². The summed E-state index contributed by atoms with van der Waals surface area (Å²) in [6.07, 6.45) is 1.11. The Morgan fingerprint density at radius 2 is 2.27 bits per heavy atom. The summed E-state index contributed by atoms with van der Waals surface area (Å²) < 4.78 is 1.13. The molecule has 0 aromatic carbocycles. The van der Waals surface area contributed by atoms with Gasteiger partial charge in [0.15, 0.2) is 0 Å². The molecule has 0 bridgehead atoms. The third-order valence-electron chi connectivity index (χ3n) is 1.86. The maximum atomic E-state index is 11.3. The van der Waals surface area contributed by atoms with Crippen LogP contribution >= 0.6 is 22.6 Å². The monoisotopic (exact) mass is 268 g/mol. The summed E-state index contributed by atoms with van der Waals surface area (Å²) in [5.74, 6) is 0. The summed E-state index contributed by atoms with van der Waals surface area (Å²) >= 11 is 2.33. The number of alkyl halides is 1. The quantitative estimate of drug-likeness (QED) is 0.557. The van der Waals surface area contributed by atoms with Gasteiger partial charge in [-0.3, -0.25) is 0 Å². The van der Waals surface area contributed by atoms with Gasteiger partial charge < -0.3 is 9.80 Å². The minimum atomic E-state index is 0.190. The van der Waals surface area contributed by atoms with Crippen molar-refractivity contribution in [3.05, 3.63) is 0 Å². The Morgan fingerprint density at radius 1 is 1.55 bits per heavy atom. The molecule has 2 amide bonds. The number of carbonyl (C=O) groups is 1. The lowest BCUT2D eigenvalue weighted by molar-refractivity contribution is 0.199. The Labute approximate surface area is 80.9 Å². The van der Waals surface area contributed by atoms with Gasteiger partial charge in [0.1, 0.15) is 0 Å². The van der Waals surface area contributed by atoms with Crippen molar-refractivity contribution in [1.82, 2.24) is 9.80 Å². The molecular formula is C7H13IN2O. The molecule has 4 heteroatoms. The highest BCUT2D eigenvalue weighted by atomic mass is 127. The Morgan fingerprint density at radius 3 is 2.73 bits per heavy atom. The number of rotatable bonds is 3. The van der Waals surface area contributed by atoms with Crippen LogP contribution in [-0.4, -0.2) is 46.9 Å². The molecule has 3 nitrogen and oxygen atoms in total. The van der Waals surface area contributed by atoms with Crippen molar-refractivity contribution in [2.24, 2.45) is 0 Å². The van der Waals surface area contributed by atoms with Gasteiger partial charge in [-0.2, -0.15) is 0 Å². The summed E-state index contributed by atoms with van der Waals surface area (Å²) in [5.41, 5.74) is 0. The van der Waals surface area contributed by atoms with Crippen LogP contribution in [0.5, 0.6) is 0 Å². The Balaban J connectivity index is 2.30. The summed E-state index contributed by atoms with van der Waals surface area (Å²) in [4.78, 5) is 14.9. The van der Waals surface area contributed by atoms with Gasteiger partial charge in [-0.05, 0) is 6.42 Å². The molecule has 0 aliphatic carbocycles. The van der Waals surface area contributed by atoms with Crippen LogP contribution in [0, 0.1) is 0 Å². The third kappa shape index (κ3) is 2.21. The van der Waals surface area contributed by atoms with E-state index in [1.165, 1.54) is 0 Å². The largest absolute Gasteiger partial charge is 0.326 e. The molecule has 1 aliphatic rings. The molecule has 1 fully saturated rings. The summed E-state index contributed by atoms with van der Waals surface area (Å²) in [6, 6.07) is 0.190. The maximum Gasteiger partial charge on any atom is 0.319 e. The average molecular weight is 268 g/mol. The van der Waals surface area contributed by atoms with Crippen LogP contribution < -0.4 is 0 Å². The molecule has 11 heavy (non-hydrogen) atoms. The molecule has 0 N–H and O–H groups in total. The van der Waals surface area contributed by atoms with Crippen LogP contribution in [0.15, 0.2) is 0 Å². The number of likely N-dealkylation sites (N-methyl/N-ethyl adjacent to an activating group) is 1. The molecule has 1 aliphatic heterocycles. The highest BCUT2D eigenvalue weighted by molar-refractivity contribution is 14.1. The summed E-state index contributed by atoms with van der Waals surface area (Å²) in [6.45, 7) is 2.72. The van der Waals surface area contributed by atoms with E-state index in [-0.39, 0.29) is 6.03 Å². The average Bonchev–Trinajstić information content (AvgIpc) is 2.31. The second-order valence-corrected chi connectivity index (χ2v) is 3.81. The molecule has 1 heterocycles. The smallest absolute Gasteiger partial charge is 0.319 e. The van der Waals surface area contributed by atoms with Crippen molar-refractivity contribution in [2.45, 2.75) is 6.42 Å². The lowest BCUT2D eigenvalue weighted by Gasteiger charge is -2.14. The van der Waals surface area contributed by atoms with Gasteiger partial charge in [0.2, 0.25) is 0 Å². The minimum Gasteiger partial charge on any atom is -0.326 e. The standard InChI is InChI=1S/C7H13IN2O/c1-9-5-6-10(7(9)11)4-2-3-8/h2-6H2,1H3. The number of urea groups is 1. The lowest BCUT2D eigenvalue weighted by Crippen LogP contribution is -2.30. The molecule has 0 radical (unpaired) electrons. The molecule has 0 unspecified atom stereocenters. The normalized spacial score (nSPS) is 18.2. The van der Waals surface area contributed by atoms with E-state index in [0.29, 0.717) is 0 Å². The van der Waals surface area contributed by atoms with E-state index in [1.807, 2.05) is 11.9 Å². The number of carbonyl (C=O) groups excluding carboxylic acids is 1. The van der Waals surface area contributed by atoms with Crippen LogP contribution in [0.25, 0.3) is 0 Å². The molecule has 0 saturated carbocycles. The van der Waals surface area contributed by atoms with E-state index in [2.05, 4.69) is 22.6 Å². The molecule has 64 valence electrons. The Kier molecular flexibility index (Phi) is 3.42. The predicted molar refractivity (Wildman–Crippen MR) is 53.1 cm³/mol. The zero-order valence-corrected chi connectivity index (χ0v) is 8.87. The Hall–Kier alpha value is -0.0000000000000000555. The zero-order valence-electron chi connectivity index (χ0n) is 6.72. The fourth-order valence-electron chi connectivity index (χ4n) is 1.16. The topological polar surface area (TPSA) is 23.6 Å². The van der Waals surface area contributed by atoms with E-state index < -0.39 is 0 Å². The lowest BCUT2D eigenvalue weighted by atomic mass is 10.4. The van der Waals surface area contributed by atoms with Gasteiger partial charge in [-0.15, -0.1) is 0 Å². The van der Waals surface area contributed by atoms with E-state index in [0.717, 1.165) is 30.5 Å².